The fraction of sp³-hybridized carbons (Fsp3) is 0.444. The molecule has 0 bridgehead atoms. The van der Waals surface area contributed by atoms with Crippen molar-refractivity contribution in [2.75, 3.05) is 6.54 Å². The number of aromatic nitrogens is 4. The summed E-state index contributed by atoms with van der Waals surface area (Å²) in [7, 11) is 0. The predicted molar refractivity (Wildman–Crippen MR) is 53.9 cm³/mol. The van der Waals surface area contributed by atoms with Crippen molar-refractivity contribution in [3.8, 4) is 11.6 Å². The summed E-state index contributed by atoms with van der Waals surface area (Å²) in [4.78, 5) is 0. The average Bonchev–Trinajstić information content (AvgIpc) is 2.82. The van der Waals surface area contributed by atoms with Crippen LogP contribution in [0.2, 0.25) is 0 Å². The lowest BCUT2D eigenvalue weighted by atomic mass is 10.2. The van der Waals surface area contributed by atoms with E-state index in [1.807, 2.05) is 13.0 Å². The molecule has 0 aromatic carbocycles. The van der Waals surface area contributed by atoms with Crippen LogP contribution in [-0.4, -0.2) is 26.8 Å². The number of hydrogen-bond donors (Lipinski definition) is 1. The van der Waals surface area contributed by atoms with Crippen LogP contribution in [0.3, 0.4) is 0 Å². The van der Waals surface area contributed by atoms with E-state index in [1.54, 1.807) is 10.9 Å². The third-order valence-corrected chi connectivity index (χ3v) is 2.17. The van der Waals surface area contributed by atoms with Crippen LogP contribution in [-0.2, 0) is 6.54 Å². The zero-order chi connectivity index (χ0) is 10.7. The Bertz CT molecular complexity index is 433. The molecule has 15 heavy (non-hydrogen) atoms. The van der Waals surface area contributed by atoms with Crippen molar-refractivity contribution in [1.82, 2.24) is 20.2 Å². The van der Waals surface area contributed by atoms with E-state index in [2.05, 4.69) is 15.5 Å². The second-order valence-electron chi connectivity index (χ2n) is 3.30. The van der Waals surface area contributed by atoms with Crippen LogP contribution < -0.4 is 5.73 Å². The molecule has 0 atom stereocenters. The highest BCUT2D eigenvalue weighted by molar-refractivity contribution is 5.51. The van der Waals surface area contributed by atoms with E-state index in [9.17, 15) is 0 Å². The van der Waals surface area contributed by atoms with E-state index in [0.29, 0.717) is 18.9 Å². The highest BCUT2D eigenvalue weighted by Crippen LogP contribution is 2.21. The predicted octanol–water partition coefficient (Wildman–Crippen LogP) is 0.590. The molecule has 0 saturated carbocycles. The second kappa shape index (κ2) is 4.22. The van der Waals surface area contributed by atoms with Crippen LogP contribution in [0.1, 0.15) is 12.0 Å². The minimum Gasteiger partial charge on any atom is -0.461 e. The Morgan fingerprint density at radius 1 is 1.53 bits per heavy atom. The third kappa shape index (κ3) is 1.89. The SMILES string of the molecule is Cc1ccoc1-c1nnnn1CCCN. The molecule has 80 valence electrons. The summed E-state index contributed by atoms with van der Waals surface area (Å²) < 4.78 is 7.04. The summed E-state index contributed by atoms with van der Waals surface area (Å²) >= 11 is 0. The minimum atomic E-state index is 0.621. The van der Waals surface area contributed by atoms with Gasteiger partial charge in [-0.25, -0.2) is 4.68 Å². The quantitative estimate of drug-likeness (QED) is 0.793. The summed E-state index contributed by atoms with van der Waals surface area (Å²) in [5.41, 5.74) is 6.47. The van der Waals surface area contributed by atoms with Gasteiger partial charge in [0, 0.05) is 6.54 Å². The van der Waals surface area contributed by atoms with Gasteiger partial charge in [-0.1, -0.05) is 0 Å². The normalized spacial score (nSPS) is 10.8. The van der Waals surface area contributed by atoms with Gasteiger partial charge in [-0.3, -0.25) is 0 Å². The van der Waals surface area contributed by atoms with Crippen molar-refractivity contribution in [3.63, 3.8) is 0 Å². The average molecular weight is 207 g/mol. The van der Waals surface area contributed by atoms with Crippen molar-refractivity contribution in [1.29, 1.82) is 0 Å². The lowest BCUT2D eigenvalue weighted by Gasteiger charge is -2.01. The van der Waals surface area contributed by atoms with Crippen LogP contribution in [0.5, 0.6) is 0 Å². The lowest BCUT2D eigenvalue weighted by molar-refractivity contribution is 0.539. The molecule has 2 N–H and O–H groups in total. The van der Waals surface area contributed by atoms with Crippen LogP contribution in [0.25, 0.3) is 11.6 Å². The molecule has 0 aliphatic carbocycles. The van der Waals surface area contributed by atoms with Crippen LogP contribution in [0, 0.1) is 6.92 Å². The van der Waals surface area contributed by atoms with E-state index in [1.165, 1.54) is 0 Å². The standard InChI is InChI=1S/C9H13N5O/c1-7-3-6-15-8(7)9-11-12-13-14(9)5-2-4-10/h3,6H,2,4-5,10H2,1H3. The molecule has 2 aromatic rings. The zero-order valence-electron chi connectivity index (χ0n) is 8.55. The molecule has 0 aliphatic heterocycles. The molecule has 6 heteroatoms. The molecule has 0 aliphatic rings. The number of tetrazole rings is 1. The molecule has 0 amide bonds. The first-order chi connectivity index (χ1) is 7.33. The molecule has 0 unspecified atom stereocenters. The largest absolute Gasteiger partial charge is 0.461 e. The fourth-order valence-electron chi connectivity index (χ4n) is 1.36. The maximum atomic E-state index is 5.44. The first kappa shape index (κ1) is 9.85. The van der Waals surface area contributed by atoms with E-state index < -0.39 is 0 Å². The van der Waals surface area contributed by atoms with Crippen LogP contribution in [0.4, 0.5) is 0 Å². The first-order valence-corrected chi connectivity index (χ1v) is 4.83. The monoisotopic (exact) mass is 207 g/mol. The molecule has 2 aromatic heterocycles. The van der Waals surface area contributed by atoms with Gasteiger partial charge in [0.1, 0.15) is 0 Å². The van der Waals surface area contributed by atoms with Gasteiger partial charge in [0.25, 0.3) is 0 Å². The van der Waals surface area contributed by atoms with E-state index in [-0.39, 0.29) is 0 Å². The molecular formula is C9H13N5O. The van der Waals surface area contributed by atoms with Gasteiger partial charge >= 0.3 is 0 Å². The Morgan fingerprint density at radius 2 is 2.40 bits per heavy atom. The molecule has 0 spiro atoms. The molecule has 2 rings (SSSR count). The summed E-state index contributed by atoms with van der Waals surface area (Å²) in [6.07, 6.45) is 2.48. The van der Waals surface area contributed by atoms with Crippen LogP contribution >= 0.6 is 0 Å². The third-order valence-electron chi connectivity index (χ3n) is 2.17. The maximum Gasteiger partial charge on any atom is 0.218 e. The van der Waals surface area contributed by atoms with Gasteiger partial charge in [-0.2, -0.15) is 0 Å². The van der Waals surface area contributed by atoms with E-state index in [4.69, 9.17) is 10.2 Å². The Morgan fingerprint density at radius 3 is 3.07 bits per heavy atom. The topological polar surface area (TPSA) is 82.8 Å². The van der Waals surface area contributed by atoms with Gasteiger partial charge in [-0.05, 0) is 41.9 Å². The van der Waals surface area contributed by atoms with Gasteiger partial charge in [0.05, 0.1) is 6.26 Å². The van der Waals surface area contributed by atoms with E-state index in [0.717, 1.165) is 17.7 Å². The Kier molecular flexibility index (Phi) is 2.77. The molecule has 2 heterocycles. The fourth-order valence-corrected chi connectivity index (χ4v) is 1.36. The van der Waals surface area contributed by atoms with Crippen molar-refractivity contribution in [2.24, 2.45) is 5.73 Å². The van der Waals surface area contributed by atoms with Crippen molar-refractivity contribution in [2.45, 2.75) is 19.9 Å². The van der Waals surface area contributed by atoms with Crippen molar-refractivity contribution < 1.29 is 4.42 Å². The first-order valence-electron chi connectivity index (χ1n) is 4.83. The maximum absolute atomic E-state index is 5.44. The summed E-state index contributed by atoms with van der Waals surface area (Å²) in [6.45, 7) is 3.29. The highest BCUT2D eigenvalue weighted by Gasteiger charge is 2.13. The number of aryl methyl sites for hydroxylation is 2. The number of hydrogen-bond acceptors (Lipinski definition) is 5. The summed E-state index contributed by atoms with van der Waals surface area (Å²) in [6, 6.07) is 1.89. The van der Waals surface area contributed by atoms with Crippen molar-refractivity contribution >= 4 is 0 Å². The number of rotatable bonds is 4. The molecule has 6 nitrogen and oxygen atoms in total. The molecule has 0 radical (unpaired) electrons. The van der Waals surface area contributed by atoms with Gasteiger partial charge in [0.15, 0.2) is 5.76 Å². The van der Waals surface area contributed by atoms with Gasteiger partial charge in [0.2, 0.25) is 5.82 Å². The van der Waals surface area contributed by atoms with E-state index >= 15 is 0 Å². The Hall–Kier alpha value is -1.69. The highest BCUT2D eigenvalue weighted by atomic mass is 16.3. The number of nitrogens with zero attached hydrogens (tertiary/aromatic N) is 4. The van der Waals surface area contributed by atoms with Crippen molar-refractivity contribution in [3.05, 3.63) is 17.9 Å². The Balaban J connectivity index is 2.29. The summed E-state index contributed by atoms with van der Waals surface area (Å²) in [5, 5.41) is 11.5. The lowest BCUT2D eigenvalue weighted by Crippen LogP contribution is -2.08. The zero-order valence-corrected chi connectivity index (χ0v) is 8.55. The molecule has 0 fully saturated rings. The smallest absolute Gasteiger partial charge is 0.218 e. The molecule has 0 saturated heterocycles. The minimum absolute atomic E-state index is 0.621. The number of nitrogens with two attached hydrogens (primary N) is 1. The summed E-state index contributed by atoms with van der Waals surface area (Å²) in [5.74, 6) is 1.38. The molecular weight excluding hydrogens is 194 g/mol. The number of furan rings is 1. The van der Waals surface area contributed by atoms with Crippen LogP contribution in [0.15, 0.2) is 16.7 Å². The van der Waals surface area contributed by atoms with Gasteiger partial charge < -0.3 is 10.2 Å². The second-order valence-corrected chi connectivity index (χ2v) is 3.30. The van der Waals surface area contributed by atoms with Gasteiger partial charge in [-0.15, -0.1) is 5.10 Å². The Labute approximate surface area is 87.1 Å².